The zero-order valence-corrected chi connectivity index (χ0v) is 15.3. The number of rotatable bonds is 6. The van der Waals surface area contributed by atoms with Crippen LogP contribution in [-0.4, -0.2) is 47.4 Å². The maximum atomic E-state index is 12.3. The van der Waals surface area contributed by atoms with Crippen molar-refractivity contribution in [2.75, 3.05) is 26.4 Å². The molecule has 0 unspecified atom stereocenters. The highest BCUT2D eigenvalue weighted by atomic mass is 31.3. The first-order chi connectivity index (χ1) is 11.5. The third kappa shape index (κ3) is 3.92. The molecular formula is C10H18N2O11P2. The van der Waals surface area contributed by atoms with Gasteiger partial charge in [0.1, 0.15) is 26.4 Å². The van der Waals surface area contributed by atoms with E-state index < -0.39 is 63.0 Å². The van der Waals surface area contributed by atoms with E-state index in [2.05, 4.69) is 0 Å². The highest BCUT2D eigenvalue weighted by molar-refractivity contribution is 7.62. The van der Waals surface area contributed by atoms with E-state index in [0.29, 0.717) is 0 Å². The Labute approximate surface area is 142 Å². The van der Waals surface area contributed by atoms with Crippen molar-refractivity contribution in [3.8, 4) is 0 Å². The summed E-state index contributed by atoms with van der Waals surface area (Å²) in [7, 11) is -8.88. The van der Waals surface area contributed by atoms with E-state index in [1.807, 2.05) is 0 Å². The minimum Gasteiger partial charge on any atom is -0.279 e. The van der Waals surface area contributed by atoms with Gasteiger partial charge in [0.2, 0.25) is 0 Å². The molecule has 15 heteroatoms. The Kier molecular flexibility index (Phi) is 5.70. The minimum atomic E-state index is -4.44. The van der Waals surface area contributed by atoms with Crippen molar-refractivity contribution in [1.82, 2.24) is 0 Å². The fourth-order valence-corrected chi connectivity index (χ4v) is 5.53. The lowest BCUT2D eigenvalue weighted by molar-refractivity contribution is -0.579. The average molecular weight is 404 g/mol. The number of hydrogen-bond acceptors (Lipinski definition) is 11. The van der Waals surface area contributed by atoms with Crippen LogP contribution in [0.4, 0.5) is 0 Å². The highest BCUT2D eigenvalue weighted by Gasteiger charge is 2.57. The molecule has 0 radical (unpaired) electrons. The Bertz CT molecular complexity index is 575. The summed E-state index contributed by atoms with van der Waals surface area (Å²) in [5.74, 6) is 0. The monoisotopic (exact) mass is 404 g/mol. The summed E-state index contributed by atoms with van der Waals surface area (Å²) in [5.41, 5.74) is -3.19. The van der Waals surface area contributed by atoms with Gasteiger partial charge in [0.25, 0.3) is 11.1 Å². The summed E-state index contributed by atoms with van der Waals surface area (Å²) in [6.07, 6.45) is 0.0963. The molecule has 0 aromatic heterocycles. The largest absolute Gasteiger partial charge is 0.484 e. The van der Waals surface area contributed by atoms with E-state index in [4.69, 9.17) is 22.4 Å². The normalized spacial score (nSPS) is 42.0. The quantitative estimate of drug-likeness (QED) is 0.361. The summed E-state index contributed by atoms with van der Waals surface area (Å²) < 4.78 is 48.7. The molecule has 0 amide bonds. The molecule has 2 aliphatic rings. The van der Waals surface area contributed by atoms with Crippen molar-refractivity contribution in [2.45, 2.75) is 37.8 Å². The van der Waals surface area contributed by atoms with Crippen LogP contribution in [0.15, 0.2) is 0 Å². The number of phosphoric ester groups is 2. The van der Waals surface area contributed by atoms with Crippen LogP contribution in [-0.2, 0) is 31.5 Å². The maximum Gasteiger partial charge on any atom is 0.484 e. The smallest absolute Gasteiger partial charge is 0.279 e. The third-order valence-corrected chi connectivity index (χ3v) is 7.64. The molecule has 0 saturated carbocycles. The van der Waals surface area contributed by atoms with Gasteiger partial charge in [0.15, 0.2) is 0 Å². The molecule has 0 aromatic carbocycles. The lowest BCUT2D eigenvalue weighted by atomic mass is 10.0. The van der Waals surface area contributed by atoms with Gasteiger partial charge in [-0.2, -0.15) is 4.31 Å². The second-order valence-corrected chi connectivity index (χ2v) is 9.21. The first-order valence-electron chi connectivity index (χ1n) is 7.33. The first-order valence-corrected chi connectivity index (χ1v) is 10.2. The molecule has 0 aliphatic carbocycles. The van der Waals surface area contributed by atoms with Crippen LogP contribution in [0.3, 0.4) is 0 Å². The Morgan fingerprint density at radius 2 is 1.12 bits per heavy atom. The molecular weight excluding hydrogens is 386 g/mol. The molecule has 144 valence electrons. The molecule has 0 aromatic rings. The maximum absolute atomic E-state index is 12.3. The Hall–Kier alpha value is -0.940. The van der Waals surface area contributed by atoms with Crippen molar-refractivity contribution in [2.24, 2.45) is 0 Å². The van der Waals surface area contributed by atoms with Crippen LogP contribution in [0.2, 0.25) is 0 Å². The standard InChI is InChI=1S/C10H18N2O11P2/c1-3-9(11(13)14)5-19-24(17,20-6-9)23-25(18)21-7-10(4-2,8-22-25)12(15)16/h3-8H2,1-2H3. The van der Waals surface area contributed by atoms with Gasteiger partial charge in [-0.3, -0.25) is 38.3 Å². The van der Waals surface area contributed by atoms with Gasteiger partial charge < -0.3 is 0 Å². The molecule has 0 N–H and O–H groups in total. The number of nitro groups is 2. The van der Waals surface area contributed by atoms with Crippen molar-refractivity contribution < 1.29 is 41.4 Å². The lowest BCUT2D eigenvalue weighted by Gasteiger charge is -2.35. The van der Waals surface area contributed by atoms with Crippen molar-refractivity contribution >= 4 is 15.6 Å². The minimum absolute atomic E-state index is 0.0481. The fourth-order valence-electron chi connectivity index (χ4n) is 2.05. The molecule has 2 saturated heterocycles. The van der Waals surface area contributed by atoms with Crippen LogP contribution < -0.4 is 0 Å². The number of hydrogen-bond donors (Lipinski definition) is 0. The summed E-state index contributed by atoms with van der Waals surface area (Å²) in [6.45, 7) is 0.736. The zero-order valence-electron chi connectivity index (χ0n) is 13.5. The summed E-state index contributed by atoms with van der Waals surface area (Å²) >= 11 is 0. The highest BCUT2D eigenvalue weighted by Crippen LogP contribution is 2.68. The van der Waals surface area contributed by atoms with Gasteiger partial charge in [-0.1, -0.05) is 13.8 Å². The van der Waals surface area contributed by atoms with E-state index in [1.165, 1.54) is 13.8 Å². The number of nitrogens with zero attached hydrogens (tertiary/aromatic N) is 2. The van der Waals surface area contributed by atoms with Gasteiger partial charge in [0.05, 0.1) is 0 Å². The molecule has 0 atom stereocenters. The topological polar surface area (TPSA) is 167 Å². The van der Waals surface area contributed by atoms with Gasteiger partial charge in [-0.25, -0.2) is 9.13 Å². The average Bonchev–Trinajstić information content (AvgIpc) is 2.56. The predicted octanol–water partition coefficient (Wildman–Crippen LogP) is 2.16. The van der Waals surface area contributed by atoms with E-state index in [-0.39, 0.29) is 12.8 Å². The summed E-state index contributed by atoms with van der Waals surface area (Å²) in [5, 5.41) is 22.2. The molecule has 13 nitrogen and oxygen atoms in total. The molecule has 2 fully saturated rings. The second kappa shape index (κ2) is 6.99. The third-order valence-electron chi connectivity index (χ3n) is 4.26. The molecule has 0 bridgehead atoms. The van der Waals surface area contributed by atoms with Crippen molar-refractivity contribution in [1.29, 1.82) is 0 Å². The van der Waals surface area contributed by atoms with Crippen LogP contribution in [0.5, 0.6) is 0 Å². The molecule has 25 heavy (non-hydrogen) atoms. The van der Waals surface area contributed by atoms with Crippen LogP contribution >= 0.6 is 15.6 Å². The number of phosphoric acid groups is 2. The van der Waals surface area contributed by atoms with E-state index >= 15 is 0 Å². The lowest BCUT2D eigenvalue weighted by Crippen LogP contribution is -2.49. The Morgan fingerprint density at radius 1 is 0.840 bits per heavy atom. The second-order valence-electron chi connectivity index (χ2n) is 5.74. The van der Waals surface area contributed by atoms with Crippen LogP contribution in [0.25, 0.3) is 0 Å². The molecule has 0 spiro atoms. The SMILES string of the molecule is CCC1([N+](=O)[O-])COP(=O)(OP2(=O)OCC(CC)([N+](=O)[O-])CO2)OC1. The Morgan fingerprint density at radius 3 is 1.32 bits per heavy atom. The van der Waals surface area contributed by atoms with Crippen LogP contribution in [0.1, 0.15) is 26.7 Å². The van der Waals surface area contributed by atoms with E-state index in [1.54, 1.807) is 0 Å². The Balaban J connectivity index is 2.04. The van der Waals surface area contributed by atoms with Crippen LogP contribution in [0, 0.1) is 20.2 Å². The van der Waals surface area contributed by atoms with Crippen molar-refractivity contribution in [3.63, 3.8) is 0 Å². The van der Waals surface area contributed by atoms with Gasteiger partial charge in [-0.05, 0) is 0 Å². The fraction of sp³-hybridized carbons (Fsp3) is 1.00. The van der Waals surface area contributed by atoms with Crippen molar-refractivity contribution in [3.05, 3.63) is 20.2 Å². The van der Waals surface area contributed by atoms with Gasteiger partial charge in [0, 0.05) is 22.7 Å². The van der Waals surface area contributed by atoms with Gasteiger partial charge in [-0.15, -0.1) is 0 Å². The van der Waals surface area contributed by atoms with Gasteiger partial charge >= 0.3 is 15.6 Å². The zero-order chi connectivity index (χ0) is 18.9. The molecule has 2 aliphatic heterocycles. The first kappa shape index (κ1) is 20.4. The van der Waals surface area contributed by atoms with E-state index in [0.717, 1.165) is 0 Å². The summed E-state index contributed by atoms with van der Waals surface area (Å²) in [4.78, 5) is 20.9. The molecule has 2 heterocycles. The molecule has 2 rings (SSSR count). The summed E-state index contributed by atoms with van der Waals surface area (Å²) in [6, 6.07) is 0. The van der Waals surface area contributed by atoms with E-state index in [9.17, 15) is 29.4 Å². The predicted molar refractivity (Wildman–Crippen MR) is 80.1 cm³/mol.